The molecule has 0 saturated carbocycles. The highest BCUT2D eigenvalue weighted by molar-refractivity contribution is 5.94. The summed E-state index contributed by atoms with van der Waals surface area (Å²) in [6, 6.07) is 3.65. The van der Waals surface area contributed by atoms with Crippen LogP contribution in [0.25, 0.3) is 0 Å². The van der Waals surface area contributed by atoms with Crippen LogP contribution in [0, 0.1) is 5.92 Å². The molecule has 6 nitrogen and oxygen atoms in total. The summed E-state index contributed by atoms with van der Waals surface area (Å²) in [5.41, 5.74) is 0.0682. The van der Waals surface area contributed by atoms with E-state index >= 15 is 0 Å². The summed E-state index contributed by atoms with van der Waals surface area (Å²) >= 11 is 0. The van der Waals surface area contributed by atoms with Crippen LogP contribution in [0.4, 0.5) is 0 Å². The van der Waals surface area contributed by atoms with E-state index in [4.69, 9.17) is 4.74 Å². The summed E-state index contributed by atoms with van der Waals surface area (Å²) in [4.78, 5) is 29.3. The number of carbonyl (C=O) groups is 2. The van der Waals surface area contributed by atoms with Gasteiger partial charge in [-0.25, -0.2) is 0 Å². The average Bonchev–Trinajstić information content (AvgIpc) is 3.21. The third kappa shape index (κ3) is 1.84. The molecule has 23 heavy (non-hydrogen) atoms. The zero-order valence-electron chi connectivity index (χ0n) is 13.9. The summed E-state index contributed by atoms with van der Waals surface area (Å²) in [6.45, 7) is 5.46. The van der Waals surface area contributed by atoms with Crippen LogP contribution in [0.5, 0.6) is 0 Å². The fourth-order valence-electron chi connectivity index (χ4n) is 4.44. The van der Waals surface area contributed by atoms with Crippen LogP contribution in [0.3, 0.4) is 0 Å². The van der Waals surface area contributed by atoms with Gasteiger partial charge in [0.05, 0.1) is 25.1 Å². The van der Waals surface area contributed by atoms with Crippen molar-refractivity contribution in [3.8, 4) is 0 Å². The number of hydrogen-bond donors (Lipinski definition) is 0. The molecule has 0 unspecified atom stereocenters. The monoisotopic (exact) mass is 317 g/mol. The van der Waals surface area contributed by atoms with E-state index in [1.54, 1.807) is 0 Å². The molecule has 4 rings (SSSR count). The van der Waals surface area contributed by atoms with E-state index in [0.29, 0.717) is 37.6 Å². The van der Waals surface area contributed by atoms with E-state index in [0.717, 1.165) is 0 Å². The fourth-order valence-corrected chi connectivity index (χ4v) is 4.44. The quantitative estimate of drug-likeness (QED) is 0.824. The van der Waals surface area contributed by atoms with Crippen LogP contribution in [0.15, 0.2) is 18.3 Å². The molecule has 1 spiro atoms. The molecule has 3 aliphatic heterocycles. The molecule has 2 amide bonds. The van der Waals surface area contributed by atoms with Gasteiger partial charge in [-0.05, 0) is 18.1 Å². The molecule has 0 N–H and O–H groups in total. The Morgan fingerprint density at radius 1 is 1.43 bits per heavy atom. The number of aryl methyl sites for hydroxylation is 1. The lowest BCUT2D eigenvalue weighted by molar-refractivity contribution is -0.139. The van der Waals surface area contributed by atoms with Crippen molar-refractivity contribution in [2.45, 2.75) is 44.5 Å². The summed E-state index contributed by atoms with van der Waals surface area (Å²) in [7, 11) is 1.87. The molecule has 0 bridgehead atoms. The van der Waals surface area contributed by atoms with Crippen molar-refractivity contribution in [1.82, 2.24) is 14.4 Å². The largest absolute Gasteiger partial charge is 0.351 e. The number of nitrogens with zero attached hydrogens (tertiary/aromatic N) is 3. The molecule has 4 heterocycles. The number of carbonyl (C=O) groups excluding carboxylic acids is 2. The zero-order chi connectivity index (χ0) is 16.4. The minimum atomic E-state index is -0.590. The molecule has 1 aromatic rings. The van der Waals surface area contributed by atoms with Crippen LogP contribution in [-0.4, -0.2) is 57.1 Å². The fraction of sp³-hybridized carbons (Fsp3) is 0.647. The molecule has 3 saturated heterocycles. The van der Waals surface area contributed by atoms with Crippen LogP contribution in [0.2, 0.25) is 0 Å². The Labute approximate surface area is 136 Å². The maximum Gasteiger partial charge on any atom is 0.270 e. The first kappa shape index (κ1) is 14.8. The Balaban J connectivity index is 1.66. The normalized spacial score (nSPS) is 32.8. The van der Waals surface area contributed by atoms with Crippen molar-refractivity contribution < 1.29 is 14.3 Å². The van der Waals surface area contributed by atoms with Gasteiger partial charge in [-0.15, -0.1) is 0 Å². The van der Waals surface area contributed by atoms with Gasteiger partial charge in [0.1, 0.15) is 5.69 Å². The van der Waals surface area contributed by atoms with E-state index in [2.05, 4.69) is 13.8 Å². The summed E-state index contributed by atoms with van der Waals surface area (Å²) in [6.07, 6.45) is 2.95. The average molecular weight is 317 g/mol. The Kier molecular flexibility index (Phi) is 3.10. The van der Waals surface area contributed by atoms with E-state index in [1.165, 1.54) is 0 Å². The lowest BCUT2D eigenvalue weighted by atomic mass is 10.0. The Morgan fingerprint density at radius 3 is 2.87 bits per heavy atom. The minimum Gasteiger partial charge on any atom is -0.351 e. The highest BCUT2D eigenvalue weighted by Crippen LogP contribution is 2.49. The lowest BCUT2D eigenvalue weighted by Gasteiger charge is -2.34. The van der Waals surface area contributed by atoms with E-state index in [-0.39, 0.29) is 23.9 Å². The molecule has 3 atom stereocenters. The number of likely N-dealkylation sites (tertiary alicyclic amines) is 1. The van der Waals surface area contributed by atoms with Crippen molar-refractivity contribution in [2.24, 2.45) is 13.0 Å². The standard InChI is InChI=1S/C17H23N3O3/c1-11(2)13-10-23-17-6-8-19(14(17)9-15(21)20(13)17)16(22)12-5-4-7-18(12)3/h4-5,7,11,13-14H,6,8-10H2,1-3H3/t13-,14+,17-/m0/s1. The first-order valence-corrected chi connectivity index (χ1v) is 8.34. The number of aromatic nitrogens is 1. The predicted molar refractivity (Wildman–Crippen MR) is 83.6 cm³/mol. The Bertz CT molecular complexity index is 668. The lowest BCUT2D eigenvalue weighted by Crippen LogP contribution is -2.51. The molecule has 3 fully saturated rings. The van der Waals surface area contributed by atoms with Crippen LogP contribution >= 0.6 is 0 Å². The van der Waals surface area contributed by atoms with Gasteiger partial charge in [0, 0.05) is 26.2 Å². The molecule has 1 aromatic heterocycles. The number of amides is 2. The molecule has 6 heteroatoms. The van der Waals surface area contributed by atoms with Crippen LogP contribution < -0.4 is 0 Å². The highest BCUT2D eigenvalue weighted by atomic mass is 16.5. The third-order valence-electron chi connectivity index (χ3n) is 5.68. The summed E-state index contributed by atoms with van der Waals surface area (Å²) < 4.78 is 7.99. The van der Waals surface area contributed by atoms with Gasteiger partial charge in [-0.1, -0.05) is 13.8 Å². The Hall–Kier alpha value is -1.82. The van der Waals surface area contributed by atoms with Gasteiger partial charge in [-0.3, -0.25) is 9.59 Å². The molecule has 0 aliphatic carbocycles. The third-order valence-corrected chi connectivity index (χ3v) is 5.68. The van der Waals surface area contributed by atoms with E-state index in [9.17, 15) is 9.59 Å². The van der Waals surface area contributed by atoms with Crippen molar-refractivity contribution in [2.75, 3.05) is 13.2 Å². The van der Waals surface area contributed by atoms with Gasteiger partial charge < -0.3 is 19.1 Å². The van der Waals surface area contributed by atoms with Gasteiger partial charge in [0.15, 0.2) is 5.72 Å². The maximum atomic E-state index is 12.9. The molecule has 3 aliphatic rings. The molecular weight excluding hydrogens is 294 g/mol. The number of rotatable bonds is 2. The van der Waals surface area contributed by atoms with Crippen molar-refractivity contribution in [3.63, 3.8) is 0 Å². The van der Waals surface area contributed by atoms with E-state index in [1.807, 2.05) is 39.7 Å². The van der Waals surface area contributed by atoms with Gasteiger partial charge >= 0.3 is 0 Å². The van der Waals surface area contributed by atoms with Crippen molar-refractivity contribution in [3.05, 3.63) is 24.0 Å². The van der Waals surface area contributed by atoms with E-state index < -0.39 is 5.72 Å². The number of hydrogen-bond acceptors (Lipinski definition) is 3. The first-order valence-electron chi connectivity index (χ1n) is 8.34. The van der Waals surface area contributed by atoms with Gasteiger partial charge in [0.25, 0.3) is 5.91 Å². The second kappa shape index (κ2) is 4.84. The molecule has 0 radical (unpaired) electrons. The summed E-state index contributed by atoms with van der Waals surface area (Å²) in [5, 5.41) is 0. The van der Waals surface area contributed by atoms with Crippen LogP contribution in [0.1, 0.15) is 37.2 Å². The SMILES string of the molecule is CC(C)[C@@H]1CO[C@@]23CCN(C(=O)c4cccn4C)[C@@H]2CC(=O)N13. The summed E-state index contributed by atoms with van der Waals surface area (Å²) in [5.74, 6) is 0.468. The number of ether oxygens (including phenoxy) is 1. The zero-order valence-corrected chi connectivity index (χ0v) is 13.9. The minimum absolute atomic E-state index is 0.00868. The van der Waals surface area contributed by atoms with Gasteiger partial charge in [-0.2, -0.15) is 0 Å². The predicted octanol–water partition coefficient (Wildman–Crippen LogP) is 1.22. The van der Waals surface area contributed by atoms with Crippen molar-refractivity contribution in [1.29, 1.82) is 0 Å². The second-order valence-corrected chi connectivity index (χ2v) is 7.20. The van der Waals surface area contributed by atoms with Crippen LogP contribution in [-0.2, 0) is 16.6 Å². The van der Waals surface area contributed by atoms with Crippen molar-refractivity contribution >= 4 is 11.8 Å². The second-order valence-electron chi connectivity index (χ2n) is 7.20. The molecular formula is C17H23N3O3. The topological polar surface area (TPSA) is 54.8 Å². The Morgan fingerprint density at radius 2 is 2.22 bits per heavy atom. The first-order chi connectivity index (χ1) is 11.0. The highest BCUT2D eigenvalue weighted by Gasteiger charge is 2.65. The smallest absolute Gasteiger partial charge is 0.270 e. The van der Waals surface area contributed by atoms with Gasteiger partial charge in [0.2, 0.25) is 5.91 Å². The maximum absolute atomic E-state index is 12.9. The molecule has 124 valence electrons. The molecule has 0 aromatic carbocycles.